The van der Waals surface area contributed by atoms with E-state index in [0.717, 1.165) is 31.5 Å². The van der Waals surface area contributed by atoms with Gasteiger partial charge in [0.25, 0.3) is 0 Å². The molecule has 1 atom stereocenters. The highest BCUT2D eigenvalue weighted by Crippen LogP contribution is 2.14. The zero-order chi connectivity index (χ0) is 16.4. The predicted octanol–water partition coefficient (Wildman–Crippen LogP) is 5.03. The molecule has 4 heteroatoms. The fourth-order valence-corrected chi connectivity index (χ4v) is 2.05. The van der Waals surface area contributed by atoms with Crippen molar-refractivity contribution in [2.45, 2.75) is 40.0 Å². The minimum atomic E-state index is -0.327. The van der Waals surface area contributed by atoms with Gasteiger partial charge in [0.2, 0.25) is 5.70 Å². The van der Waals surface area contributed by atoms with E-state index in [0.29, 0.717) is 5.92 Å². The molecule has 0 radical (unpaired) electrons. The Morgan fingerprint density at radius 2 is 1.95 bits per heavy atom. The summed E-state index contributed by atoms with van der Waals surface area (Å²) in [5.41, 5.74) is 2.68. The maximum atomic E-state index is 10.5. The topological polar surface area (TPSA) is 55.2 Å². The average molecular weight is 302 g/mol. The Kier molecular flexibility index (Phi) is 7.97. The molecule has 0 saturated carbocycles. The second kappa shape index (κ2) is 9.77. The van der Waals surface area contributed by atoms with Crippen molar-refractivity contribution >= 4 is 5.69 Å². The minimum Gasteiger partial charge on any atom is -0.381 e. The van der Waals surface area contributed by atoms with Crippen LogP contribution in [0.5, 0.6) is 0 Å². The van der Waals surface area contributed by atoms with Gasteiger partial charge in [-0.2, -0.15) is 0 Å². The van der Waals surface area contributed by atoms with Crippen LogP contribution in [-0.2, 0) is 0 Å². The number of anilines is 1. The Bertz CT molecular complexity index is 521. The molecule has 0 amide bonds. The van der Waals surface area contributed by atoms with Crippen LogP contribution in [-0.4, -0.2) is 11.5 Å². The zero-order valence-corrected chi connectivity index (χ0v) is 13.7. The second-order valence-electron chi connectivity index (χ2n) is 5.79. The third-order valence-electron chi connectivity index (χ3n) is 3.60. The first-order valence-electron chi connectivity index (χ1n) is 7.74. The molecule has 120 valence electrons. The summed E-state index contributed by atoms with van der Waals surface area (Å²) in [6.45, 7) is 6.65. The second-order valence-corrected chi connectivity index (χ2v) is 5.79. The van der Waals surface area contributed by atoms with Gasteiger partial charge in [0.15, 0.2) is 0 Å². The standard InChI is InChI=1S/C18H26N2O2/c1-15(12-13-17(3)20(21)22)8-7-9-16(2)14-19-18-10-5-4-6-11-18/h4-6,9-11,13,15,19H,7-8,12,14H2,1-3H3. The third-order valence-corrected chi connectivity index (χ3v) is 3.60. The van der Waals surface area contributed by atoms with E-state index < -0.39 is 0 Å². The van der Waals surface area contributed by atoms with Gasteiger partial charge in [-0.3, -0.25) is 10.1 Å². The van der Waals surface area contributed by atoms with Gasteiger partial charge in [0.05, 0.1) is 4.92 Å². The Morgan fingerprint density at radius 3 is 2.59 bits per heavy atom. The summed E-state index contributed by atoms with van der Waals surface area (Å²) in [6.07, 6.45) is 6.79. The van der Waals surface area contributed by atoms with Crippen LogP contribution in [0.25, 0.3) is 0 Å². The van der Waals surface area contributed by atoms with E-state index in [1.807, 2.05) is 18.2 Å². The Hall–Kier alpha value is -2.10. The highest BCUT2D eigenvalue weighted by atomic mass is 16.6. The van der Waals surface area contributed by atoms with Gasteiger partial charge >= 0.3 is 0 Å². The molecule has 1 aromatic rings. The minimum absolute atomic E-state index is 0.241. The SMILES string of the molecule is CC(=CCCC(C)CC=C(C)[N+](=O)[O-])CNc1ccccc1. The lowest BCUT2D eigenvalue weighted by molar-refractivity contribution is -0.424. The fourth-order valence-electron chi connectivity index (χ4n) is 2.05. The van der Waals surface area contributed by atoms with E-state index in [-0.39, 0.29) is 10.6 Å². The van der Waals surface area contributed by atoms with Crippen LogP contribution >= 0.6 is 0 Å². The molecule has 0 saturated heterocycles. The van der Waals surface area contributed by atoms with Gasteiger partial charge in [-0.15, -0.1) is 0 Å². The first kappa shape index (κ1) is 18.0. The summed E-state index contributed by atoms with van der Waals surface area (Å²) in [7, 11) is 0. The maximum Gasteiger partial charge on any atom is 0.239 e. The van der Waals surface area contributed by atoms with Crippen molar-refractivity contribution in [2.75, 3.05) is 11.9 Å². The van der Waals surface area contributed by atoms with E-state index in [1.54, 1.807) is 13.0 Å². The number of allylic oxidation sites excluding steroid dienone is 3. The van der Waals surface area contributed by atoms with Crippen molar-refractivity contribution in [2.24, 2.45) is 5.92 Å². The summed E-state index contributed by atoms with van der Waals surface area (Å²) in [5, 5.41) is 13.9. The van der Waals surface area contributed by atoms with Gasteiger partial charge < -0.3 is 5.32 Å². The molecule has 4 nitrogen and oxygen atoms in total. The lowest BCUT2D eigenvalue weighted by Crippen LogP contribution is -2.02. The van der Waals surface area contributed by atoms with Gasteiger partial charge in [-0.25, -0.2) is 0 Å². The molecular weight excluding hydrogens is 276 g/mol. The van der Waals surface area contributed by atoms with Crippen LogP contribution in [0.2, 0.25) is 0 Å². The quantitative estimate of drug-likeness (QED) is 0.395. The van der Waals surface area contributed by atoms with Crippen LogP contribution in [0.4, 0.5) is 5.69 Å². The summed E-state index contributed by atoms with van der Waals surface area (Å²) in [4.78, 5) is 10.2. The largest absolute Gasteiger partial charge is 0.381 e. The third kappa shape index (κ3) is 7.62. The number of para-hydroxylation sites is 1. The summed E-state index contributed by atoms with van der Waals surface area (Å²) in [5.74, 6) is 0.459. The van der Waals surface area contributed by atoms with E-state index >= 15 is 0 Å². The highest BCUT2D eigenvalue weighted by molar-refractivity contribution is 5.43. The molecule has 0 aromatic heterocycles. The van der Waals surface area contributed by atoms with Crippen molar-refractivity contribution in [3.8, 4) is 0 Å². The van der Waals surface area contributed by atoms with Crippen molar-refractivity contribution in [3.63, 3.8) is 0 Å². The molecule has 1 rings (SSSR count). The number of benzene rings is 1. The van der Waals surface area contributed by atoms with Crippen molar-refractivity contribution in [3.05, 3.63) is 63.9 Å². The van der Waals surface area contributed by atoms with Crippen LogP contribution in [0.3, 0.4) is 0 Å². The van der Waals surface area contributed by atoms with E-state index in [1.165, 1.54) is 5.57 Å². The fraction of sp³-hybridized carbons (Fsp3) is 0.444. The monoisotopic (exact) mass is 302 g/mol. The first-order chi connectivity index (χ1) is 10.5. The van der Waals surface area contributed by atoms with Crippen molar-refractivity contribution in [1.29, 1.82) is 0 Å². The van der Waals surface area contributed by atoms with Crippen LogP contribution < -0.4 is 5.32 Å². The number of nitrogens with zero attached hydrogens (tertiary/aromatic N) is 1. The number of nitro groups is 1. The van der Waals surface area contributed by atoms with Gasteiger partial charge in [0, 0.05) is 19.2 Å². The number of rotatable bonds is 9. The molecular formula is C18H26N2O2. The lowest BCUT2D eigenvalue weighted by atomic mass is 10.0. The maximum absolute atomic E-state index is 10.5. The zero-order valence-electron chi connectivity index (χ0n) is 13.7. The van der Waals surface area contributed by atoms with Crippen LogP contribution in [0, 0.1) is 16.0 Å². The molecule has 0 aliphatic rings. The molecule has 0 heterocycles. The summed E-state index contributed by atoms with van der Waals surface area (Å²) in [6, 6.07) is 10.1. The number of hydrogen-bond acceptors (Lipinski definition) is 3. The van der Waals surface area contributed by atoms with Gasteiger partial charge in [0.1, 0.15) is 0 Å². The van der Waals surface area contributed by atoms with Gasteiger partial charge in [-0.1, -0.05) is 36.8 Å². The summed E-state index contributed by atoms with van der Waals surface area (Å²) >= 11 is 0. The molecule has 1 N–H and O–H groups in total. The normalized spacial score (nSPS) is 13.8. The first-order valence-corrected chi connectivity index (χ1v) is 7.74. The van der Waals surface area contributed by atoms with Crippen molar-refractivity contribution < 1.29 is 4.92 Å². The predicted molar refractivity (Wildman–Crippen MR) is 92.5 cm³/mol. The van der Waals surface area contributed by atoms with E-state index in [9.17, 15) is 10.1 Å². The lowest BCUT2D eigenvalue weighted by Gasteiger charge is -2.08. The van der Waals surface area contributed by atoms with Crippen molar-refractivity contribution in [1.82, 2.24) is 0 Å². The molecule has 0 aliphatic carbocycles. The van der Waals surface area contributed by atoms with Gasteiger partial charge in [-0.05, 0) is 50.3 Å². The Labute approximate surface area is 133 Å². The smallest absolute Gasteiger partial charge is 0.239 e. The molecule has 1 unspecified atom stereocenters. The van der Waals surface area contributed by atoms with Crippen LogP contribution in [0.1, 0.15) is 40.0 Å². The summed E-state index contributed by atoms with van der Waals surface area (Å²) < 4.78 is 0. The molecule has 1 aromatic carbocycles. The Morgan fingerprint density at radius 1 is 1.27 bits per heavy atom. The number of hydrogen-bond donors (Lipinski definition) is 1. The van der Waals surface area contributed by atoms with E-state index in [4.69, 9.17) is 0 Å². The molecule has 22 heavy (non-hydrogen) atoms. The molecule has 0 bridgehead atoms. The molecule has 0 fully saturated rings. The van der Waals surface area contributed by atoms with E-state index in [2.05, 4.69) is 37.4 Å². The highest BCUT2D eigenvalue weighted by Gasteiger charge is 2.04. The molecule has 0 spiro atoms. The number of nitrogens with one attached hydrogen (secondary N) is 1. The van der Waals surface area contributed by atoms with Crippen LogP contribution in [0.15, 0.2) is 53.8 Å². The molecule has 0 aliphatic heterocycles. The Balaban J connectivity index is 2.26. The average Bonchev–Trinajstić information content (AvgIpc) is 2.51.